The lowest BCUT2D eigenvalue weighted by Gasteiger charge is -2.66. The standard InChI is InChI=1S/C27H42O4/c1-6-24(28)30-19(4)11-18(3)25(29)31-27(21-9-7-17(2)8-10-21)22-12-20-13-23(27)16-26(5,14-20)15-22/h6,17-23H,1,7-16H2,2-5H3. The van der Waals surface area contributed by atoms with E-state index in [1.54, 1.807) is 0 Å². The van der Waals surface area contributed by atoms with Crippen LogP contribution in [0.4, 0.5) is 0 Å². The van der Waals surface area contributed by atoms with Gasteiger partial charge in [0.05, 0.1) is 5.92 Å². The number of carbonyl (C=O) groups is 2. The third-order valence-corrected chi connectivity index (χ3v) is 9.27. The summed E-state index contributed by atoms with van der Waals surface area (Å²) in [4.78, 5) is 25.0. The summed E-state index contributed by atoms with van der Waals surface area (Å²) in [5.74, 6) is 2.37. The van der Waals surface area contributed by atoms with Gasteiger partial charge in [0.25, 0.3) is 0 Å². The minimum Gasteiger partial charge on any atom is -0.460 e. The first kappa shape index (κ1) is 22.9. The van der Waals surface area contributed by atoms with Crippen molar-refractivity contribution in [2.75, 3.05) is 0 Å². The van der Waals surface area contributed by atoms with Crippen LogP contribution < -0.4 is 0 Å². The van der Waals surface area contributed by atoms with Gasteiger partial charge in [-0.05, 0) is 81.5 Å². The van der Waals surface area contributed by atoms with Crippen molar-refractivity contribution in [2.45, 2.75) is 104 Å². The molecule has 5 aliphatic carbocycles. The van der Waals surface area contributed by atoms with Crippen molar-refractivity contribution >= 4 is 11.9 Å². The zero-order valence-electron chi connectivity index (χ0n) is 20.0. The van der Waals surface area contributed by atoms with E-state index in [1.165, 1.54) is 63.9 Å². The third-order valence-electron chi connectivity index (χ3n) is 9.27. The lowest BCUT2D eigenvalue weighted by Crippen LogP contribution is -2.65. The molecule has 0 spiro atoms. The highest BCUT2D eigenvalue weighted by Gasteiger charge is 2.65. The molecule has 4 unspecified atom stereocenters. The van der Waals surface area contributed by atoms with E-state index in [-0.39, 0.29) is 23.6 Å². The van der Waals surface area contributed by atoms with Crippen LogP contribution in [-0.2, 0) is 19.1 Å². The minimum atomic E-state index is -0.435. The molecule has 4 heteroatoms. The van der Waals surface area contributed by atoms with E-state index in [2.05, 4.69) is 20.4 Å². The summed E-state index contributed by atoms with van der Waals surface area (Å²) in [6.07, 6.45) is 12.6. The lowest BCUT2D eigenvalue weighted by atomic mass is 9.42. The molecule has 5 saturated carbocycles. The van der Waals surface area contributed by atoms with Crippen molar-refractivity contribution in [3.05, 3.63) is 12.7 Å². The summed E-state index contributed by atoms with van der Waals surface area (Å²) >= 11 is 0. The molecule has 0 N–H and O–H groups in total. The fourth-order valence-electron chi connectivity index (χ4n) is 8.18. The monoisotopic (exact) mass is 430 g/mol. The molecular formula is C27H42O4. The van der Waals surface area contributed by atoms with Gasteiger partial charge in [-0.25, -0.2) is 4.79 Å². The Morgan fingerprint density at radius 2 is 1.65 bits per heavy atom. The smallest absolute Gasteiger partial charge is 0.330 e. The molecule has 0 radical (unpaired) electrons. The summed E-state index contributed by atoms with van der Waals surface area (Å²) in [7, 11) is 0. The molecule has 5 fully saturated rings. The Kier molecular flexibility index (Phi) is 6.31. The minimum absolute atomic E-state index is 0.0854. The molecular weight excluding hydrogens is 388 g/mol. The van der Waals surface area contributed by atoms with Gasteiger partial charge >= 0.3 is 11.9 Å². The Morgan fingerprint density at radius 1 is 1.03 bits per heavy atom. The quantitative estimate of drug-likeness (QED) is 0.362. The Bertz CT molecular complexity index is 688. The average Bonchev–Trinajstić information content (AvgIpc) is 2.69. The highest BCUT2D eigenvalue weighted by Crippen LogP contribution is 2.67. The second-order valence-corrected chi connectivity index (χ2v) is 12.0. The van der Waals surface area contributed by atoms with Crippen LogP contribution in [0.5, 0.6) is 0 Å². The molecule has 5 aliphatic rings. The number of rotatable bonds is 7. The van der Waals surface area contributed by atoms with Crippen LogP contribution in [0.2, 0.25) is 0 Å². The van der Waals surface area contributed by atoms with Gasteiger partial charge in [0.1, 0.15) is 11.7 Å². The van der Waals surface area contributed by atoms with Gasteiger partial charge in [-0.2, -0.15) is 0 Å². The highest BCUT2D eigenvalue weighted by atomic mass is 16.6. The SMILES string of the molecule is C=CC(=O)OC(C)CC(C)C(=O)OC1(C2CCC(C)CC2)C2CC3CC1CC(C)(C3)C2. The molecule has 174 valence electrons. The Balaban J connectivity index is 1.53. The Morgan fingerprint density at radius 3 is 2.19 bits per heavy atom. The molecule has 0 aromatic heterocycles. The van der Waals surface area contributed by atoms with Crippen LogP contribution in [0.1, 0.15) is 91.9 Å². The van der Waals surface area contributed by atoms with E-state index in [1.807, 2.05) is 13.8 Å². The van der Waals surface area contributed by atoms with E-state index in [0.717, 1.165) is 11.8 Å². The molecule has 0 saturated heterocycles. The molecule has 4 bridgehead atoms. The third kappa shape index (κ3) is 4.33. The molecule has 5 rings (SSSR count). The molecule has 0 aromatic carbocycles. The maximum atomic E-state index is 13.4. The van der Waals surface area contributed by atoms with Crippen molar-refractivity contribution in [1.82, 2.24) is 0 Å². The lowest BCUT2D eigenvalue weighted by molar-refractivity contribution is -0.248. The van der Waals surface area contributed by atoms with Crippen LogP contribution in [0, 0.1) is 40.9 Å². The molecule has 31 heavy (non-hydrogen) atoms. The fraction of sp³-hybridized carbons (Fsp3) is 0.852. The normalized spacial score (nSPS) is 43.2. The first-order valence-electron chi connectivity index (χ1n) is 12.7. The summed E-state index contributed by atoms with van der Waals surface area (Å²) in [6, 6.07) is 0. The van der Waals surface area contributed by atoms with Crippen molar-refractivity contribution in [3.8, 4) is 0 Å². The summed E-state index contributed by atoms with van der Waals surface area (Å²) in [6.45, 7) is 12.1. The van der Waals surface area contributed by atoms with Crippen LogP contribution in [0.15, 0.2) is 12.7 Å². The number of hydrogen-bond acceptors (Lipinski definition) is 4. The van der Waals surface area contributed by atoms with Crippen LogP contribution in [0.25, 0.3) is 0 Å². The maximum absolute atomic E-state index is 13.4. The summed E-state index contributed by atoms with van der Waals surface area (Å²) in [5, 5.41) is 0. The van der Waals surface area contributed by atoms with Crippen molar-refractivity contribution < 1.29 is 19.1 Å². The number of esters is 2. The van der Waals surface area contributed by atoms with E-state index in [0.29, 0.717) is 29.6 Å². The fourth-order valence-corrected chi connectivity index (χ4v) is 8.18. The van der Waals surface area contributed by atoms with Gasteiger partial charge in [0.2, 0.25) is 0 Å². The van der Waals surface area contributed by atoms with Gasteiger partial charge in [0, 0.05) is 17.9 Å². The second-order valence-electron chi connectivity index (χ2n) is 12.0. The van der Waals surface area contributed by atoms with E-state index in [4.69, 9.17) is 9.47 Å². The van der Waals surface area contributed by atoms with Gasteiger partial charge in [-0.1, -0.05) is 40.2 Å². The van der Waals surface area contributed by atoms with Crippen LogP contribution in [0.3, 0.4) is 0 Å². The van der Waals surface area contributed by atoms with Crippen molar-refractivity contribution in [3.63, 3.8) is 0 Å². The summed E-state index contributed by atoms with van der Waals surface area (Å²) in [5.41, 5.74) is 0.191. The number of carbonyl (C=O) groups excluding carboxylic acids is 2. The zero-order chi connectivity index (χ0) is 22.4. The maximum Gasteiger partial charge on any atom is 0.330 e. The second kappa shape index (κ2) is 8.56. The predicted octanol–water partition coefficient (Wildman–Crippen LogP) is 6.08. The first-order valence-corrected chi connectivity index (χ1v) is 12.7. The van der Waals surface area contributed by atoms with E-state index >= 15 is 0 Å². The topological polar surface area (TPSA) is 52.6 Å². The van der Waals surface area contributed by atoms with E-state index in [9.17, 15) is 9.59 Å². The predicted molar refractivity (Wildman–Crippen MR) is 121 cm³/mol. The van der Waals surface area contributed by atoms with Gasteiger partial charge in [-0.15, -0.1) is 0 Å². The van der Waals surface area contributed by atoms with Crippen molar-refractivity contribution in [2.24, 2.45) is 40.9 Å². The Labute approximate surface area is 188 Å². The molecule has 0 aromatic rings. The van der Waals surface area contributed by atoms with Gasteiger partial charge in [0.15, 0.2) is 0 Å². The number of hydrogen-bond donors (Lipinski definition) is 0. The molecule has 4 nitrogen and oxygen atoms in total. The molecule has 0 amide bonds. The largest absolute Gasteiger partial charge is 0.460 e. The highest BCUT2D eigenvalue weighted by molar-refractivity contribution is 5.81. The van der Waals surface area contributed by atoms with Gasteiger partial charge in [-0.3, -0.25) is 4.79 Å². The summed E-state index contributed by atoms with van der Waals surface area (Å²) < 4.78 is 12.0. The zero-order valence-corrected chi connectivity index (χ0v) is 20.0. The average molecular weight is 431 g/mol. The van der Waals surface area contributed by atoms with Crippen LogP contribution >= 0.6 is 0 Å². The molecule has 4 atom stereocenters. The number of ether oxygens (including phenoxy) is 2. The Hall–Kier alpha value is -1.32. The first-order chi connectivity index (χ1) is 14.6. The van der Waals surface area contributed by atoms with Crippen LogP contribution in [-0.4, -0.2) is 23.6 Å². The van der Waals surface area contributed by atoms with Crippen molar-refractivity contribution in [1.29, 1.82) is 0 Å². The molecule has 0 heterocycles. The molecule has 0 aliphatic heterocycles. The van der Waals surface area contributed by atoms with Gasteiger partial charge < -0.3 is 9.47 Å². The van der Waals surface area contributed by atoms with E-state index < -0.39 is 5.97 Å².